The number of aliphatic carboxylic acids is 1. The number of primary amides is 2. The number of imidazole rings is 1. The first-order valence-electron chi connectivity index (χ1n) is 25.2. The summed E-state index contributed by atoms with van der Waals surface area (Å²) in [5.74, 6) is -2.65. The van der Waals surface area contributed by atoms with Crippen LogP contribution in [0.15, 0.2) is 53.1 Å². The number of imide groups is 1. The molecule has 7 heterocycles. The van der Waals surface area contributed by atoms with Gasteiger partial charge in [0.05, 0.1) is 41.4 Å². The minimum absolute atomic E-state index is 0.0287. The van der Waals surface area contributed by atoms with E-state index in [1.54, 1.807) is 34.7 Å². The number of methoxy groups -OCH3 is 1. The summed E-state index contributed by atoms with van der Waals surface area (Å²) in [6.07, 6.45) is 6.30. The predicted octanol–water partition coefficient (Wildman–Crippen LogP) is 3.59. The van der Waals surface area contributed by atoms with Crippen LogP contribution in [0.25, 0.3) is 44.5 Å². The lowest BCUT2D eigenvalue weighted by atomic mass is 9.96. The number of nitrogens with two attached hydrogens (primary N) is 3. The predicted molar refractivity (Wildman–Crippen MR) is 286 cm³/mol. The first kappa shape index (κ1) is 54.2. The molecule has 8 N–H and O–H groups in total. The summed E-state index contributed by atoms with van der Waals surface area (Å²) in [5.41, 5.74) is 21.4. The number of rotatable bonds is 23. The summed E-state index contributed by atoms with van der Waals surface area (Å²) in [4.78, 5) is 111. The Kier molecular flexibility index (Phi) is 15.6. The molecule has 6 amide bonds. The van der Waals surface area contributed by atoms with Crippen LogP contribution in [0.3, 0.4) is 0 Å². The Balaban J connectivity index is 0.975. The number of aromatic nitrogens is 8. The summed E-state index contributed by atoms with van der Waals surface area (Å²) in [5, 5.41) is 17.0. The van der Waals surface area contributed by atoms with E-state index in [4.69, 9.17) is 51.2 Å². The summed E-state index contributed by atoms with van der Waals surface area (Å²) in [7, 11) is 1.45. The smallest absolute Gasteiger partial charge is 0.321 e. The number of amides is 6. The van der Waals surface area contributed by atoms with Gasteiger partial charge in [-0.3, -0.25) is 48.5 Å². The van der Waals surface area contributed by atoms with Crippen LogP contribution in [0, 0.1) is 19.8 Å². The molecule has 25 nitrogen and oxygen atoms in total. The summed E-state index contributed by atoms with van der Waals surface area (Å²) >= 11 is 1.02. The number of carboxylic acids is 1. The fraction of sp³-hybridized carbons (Fsp3) is 0.385. The fourth-order valence-electron chi connectivity index (χ4n) is 9.66. The number of thioether (sulfide) groups is 1. The number of hydrogen-bond donors (Lipinski definition) is 5. The number of ether oxygens (including phenoxy) is 2. The van der Waals surface area contributed by atoms with Crippen LogP contribution < -0.4 is 32.0 Å². The number of carbonyl (C=O) groups is 7. The van der Waals surface area contributed by atoms with Gasteiger partial charge in [0.15, 0.2) is 11.7 Å². The number of aryl methyl sites for hydroxylation is 4. The molecule has 5 aromatic heterocycles. The van der Waals surface area contributed by atoms with Gasteiger partial charge in [0.2, 0.25) is 41.2 Å². The normalized spacial score (nSPS) is 15.3. The standard InChI is InChI=1S/C52H58N14O11S/c1-6-34-44(77-27(4)57-34)49(71)60-52-58-35-18-30(46(55)70)19-37(75-5)43(35)65(52)13-9-8-12-64-42-31(32-22-56-47(59-48(32)64)36-16-26(3)61-66(36)7-2)17-29(45(54)69)20-38(42)76-15-11-28-23-62(24-28)40(67)10-14-63-41(68)21-39(50(63)72)78-25-33(53)51(73)74/h8-9,16-20,22,28,33,39H,6-7,10-15,21,23-25,53H2,1-5H3,(H2,54,69)(H2,55,70)(H,73,74)(H,58,60,71)/b9-8+/t33-,39?/m0/s1. The highest BCUT2D eigenvalue weighted by atomic mass is 32.2. The van der Waals surface area contributed by atoms with E-state index in [0.717, 1.165) is 22.4 Å². The highest BCUT2D eigenvalue weighted by Gasteiger charge is 2.40. The van der Waals surface area contributed by atoms with E-state index >= 15 is 0 Å². The first-order valence-corrected chi connectivity index (χ1v) is 26.3. The number of likely N-dealkylation sites (tertiary alicyclic amines) is 2. The molecule has 9 rings (SSSR count). The molecular formula is C52H58N14O11S. The van der Waals surface area contributed by atoms with Crippen molar-refractivity contribution in [2.45, 2.75) is 84.3 Å². The number of oxazole rings is 1. The molecule has 7 aromatic rings. The largest absolute Gasteiger partial charge is 0.494 e. The number of anilines is 1. The molecule has 0 saturated carbocycles. The monoisotopic (exact) mass is 1090 g/mol. The van der Waals surface area contributed by atoms with Crippen molar-refractivity contribution < 1.29 is 52.6 Å². The van der Waals surface area contributed by atoms with Crippen molar-refractivity contribution in [3.63, 3.8) is 0 Å². The Bertz CT molecular complexity index is 3590. The minimum Gasteiger partial charge on any atom is -0.494 e. The highest BCUT2D eigenvalue weighted by molar-refractivity contribution is 8.00. The first-order chi connectivity index (χ1) is 37.4. The molecule has 2 atom stereocenters. The van der Waals surface area contributed by atoms with Gasteiger partial charge >= 0.3 is 5.97 Å². The van der Waals surface area contributed by atoms with Gasteiger partial charge in [-0.1, -0.05) is 19.1 Å². The van der Waals surface area contributed by atoms with E-state index in [1.165, 1.54) is 19.2 Å². The van der Waals surface area contributed by atoms with Gasteiger partial charge in [-0.15, -0.1) is 11.8 Å². The maximum atomic E-state index is 13.7. The van der Waals surface area contributed by atoms with E-state index in [9.17, 15) is 33.6 Å². The minimum atomic E-state index is -1.20. The molecule has 2 aliphatic heterocycles. The second-order valence-corrected chi connectivity index (χ2v) is 20.1. The molecule has 0 bridgehead atoms. The fourth-order valence-corrected chi connectivity index (χ4v) is 10.8. The van der Waals surface area contributed by atoms with Gasteiger partial charge in [0, 0.05) is 92.9 Å². The van der Waals surface area contributed by atoms with Crippen molar-refractivity contribution in [3.8, 4) is 23.0 Å². The lowest BCUT2D eigenvalue weighted by molar-refractivity contribution is -0.142. The summed E-state index contributed by atoms with van der Waals surface area (Å²) < 4.78 is 23.5. The molecule has 1 unspecified atom stereocenters. The van der Waals surface area contributed by atoms with Gasteiger partial charge in [-0.05, 0) is 62.9 Å². The van der Waals surface area contributed by atoms with E-state index in [2.05, 4.69) is 15.4 Å². The topological polar surface area (TPSA) is 347 Å². The Morgan fingerprint density at radius 3 is 2.35 bits per heavy atom. The Morgan fingerprint density at radius 2 is 1.65 bits per heavy atom. The lowest BCUT2D eigenvalue weighted by Gasteiger charge is -2.39. The number of nitrogens with one attached hydrogen (secondary N) is 1. The van der Waals surface area contributed by atoms with Crippen LogP contribution in [0.2, 0.25) is 0 Å². The lowest BCUT2D eigenvalue weighted by Crippen LogP contribution is -2.51. The van der Waals surface area contributed by atoms with E-state index in [0.29, 0.717) is 94.3 Å². The van der Waals surface area contributed by atoms with Crippen LogP contribution in [0.4, 0.5) is 5.95 Å². The number of fused-ring (bicyclic) bond motifs is 4. The molecule has 0 spiro atoms. The molecule has 408 valence electrons. The molecule has 2 fully saturated rings. The Hall–Kier alpha value is -8.65. The van der Waals surface area contributed by atoms with Gasteiger partial charge in [0.1, 0.15) is 34.4 Å². The van der Waals surface area contributed by atoms with Gasteiger partial charge < -0.3 is 50.2 Å². The maximum absolute atomic E-state index is 13.7. The Labute approximate surface area is 449 Å². The van der Waals surface area contributed by atoms with E-state index < -0.39 is 46.8 Å². The quantitative estimate of drug-likeness (QED) is 0.0451. The van der Waals surface area contributed by atoms with Gasteiger partial charge in [0.25, 0.3) is 5.91 Å². The number of hydrogen-bond acceptors (Lipinski definition) is 17. The molecule has 2 aromatic carbocycles. The SMILES string of the molecule is CCc1nc(C)oc1C(=O)Nc1nc2cc(C(N)=O)cc(OC)c2n1C/C=C/Cn1c2nc(-c3cc(C)nn3CC)ncc2c2cc(C(N)=O)cc(OCCC3CN(C(=O)CCN4C(=O)CC(SC[C@H](N)C(=O)O)C4=O)C3)c21. The number of nitrogens with zero attached hydrogens (tertiary/aromatic N) is 10. The molecular weight excluding hydrogens is 1030 g/mol. The zero-order chi connectivity index (χ0) is 55.7. The third kappa shape index (κ3) is 10.8. The molecule has 78 heavy (non-hydrogen) atoms. The van der Waals surface area contributed by atoms with Crippen LogP contribution in [-0.4, -0.2) is 146 Å². The third-order valence-corrected chi connectivity index (χ3v) is 15.0. The second kappa shape index (κ2) is 22.5. The molecule has 0 aliphatic carbocycles. The van der Waals surface area contributed by atoms with Crippen molar-refractivity contribution in [2.75, 3.05) is 44.4 Å². The van der Waals surface area contributed by atoms with Gasteiger partial charge in [-0.2, -0.15) is 5.10 Å². The van der Waals surface area contributed by atoms with Crippen LogP contribution >= 0.6 is 11.8 Å². The van der Waals surface area contributed by atoms with E-state index in [-0.39, 0.29) is 85.2 Å². The average molecular weight is 1090 g/mol. The second-order valence-electron chi connectivity index (χ2n) is 18.9. The number of carbonyl (C=O) groups excluding carboxylic acids is 6. The van der Waals surface area contributed by atoms with Crippen molar-refractivity contribution in [2.24, 2.45) is 23.1 Å². The van der Waals surface area contributed by atoms with Gasteiger partial charge in [-0.25, -0.2) is 19.9 Å². The van der Waals surface area contributed by atoms with Crippen LogP contribution in [0.1, 0.15) is 81.7 Å². The molecule has 0 radical (unpaired) electrons. The summed E-state index contributed by atoms with van der Waals surface area (Å²) in [6.45, 7) is 9.25. The maximum Gasteiger partial charge on any atom is 0.321 e. The van der Waals surface area contributed by atoms with Crippen LogP contribution in [-0.2, 0) is 45.2 Å². The average Bonchev–Trinajstić information content (AvgIpc) is 4.29. The number of benzene rings is 2. The number of allylic oxidation sites excluding steroid dienone is 2. The van der Waals surface area contributed by atoms with E-state index in [1.807, 2.05) is 48.2 Å². The summed E-state index contributed by atoms with van der Waals surface area (Å²) in [6, 6.07) is 7.03. The zero-order valence-corrected chi connectivity index (χ0v) is 44.3. The molecule has 26 heteroatoms. The molecule has 2 saturated heterocycles. The van der Waals surface area contributed by atoms with Crippen molar-refractivity contribution >= 4 is 92.1 Å². The third-order valence-electron chi connectivity index (χ3n) is 13.6. The highest BCUT2D eigenvalue weighted by Crippen LogP contribution is 2.38. The van der Waals surface area contributed by atoms with Crippen molar-refractivity contribution in [1.82, 2.24) is 48.7 Å². The zero-order valence-electron chi connectivity index (χ0n) is 43.5. The van der Waals surface area contributed by atoms with Crippen LogP contribution in [0.5, 0.6) is 11.5 Å². The van der Waals surface area contributed by atoms with Crippen molar-refractivity contribution in [3.05, 3.63) is 82.8 Å². The Morgan fingerprint density at radius 1 is 0.936 bits per heavy atom. The number of carboxylic acid groups (broad SMARTS) is 1. The van der Waals surface area contributed by atoms with Crippen molar-refractivity contribution in [1.29, 1.82) is 0 Å². The molecule has 2 aliphatic rings.